The SMILES string of the molecule is COc1ccc(S(=O)(=O)N2CC[C@H](n3ccnn3)C2)cc1Cl. The van der Waals surface area contributed by atoms with Crippen molar-refractivity contribution in [3.63, 3.8) is 0 Å². The van der Waals surface area contributed by atoms with Gasteiger partial charge in [-0.15, -0.1) is 5.10 Å². The maximum Gasteiger partial charge on any atom is 0.243 e. The summed E-state index contributed by atoms with van der Waals surface area (Å²) in [5, 5.41) is 7.96. The van der Waals surface area contributed by atoms with Crippen LogP contribution in [0.1, 0.15) is 12.5 Å². The molecule has 0 amide bonds. The highest BCUT2D eigenvalue weighted by Gasteiger charge is 2.34. The van der Waals surface area contributed by atoms with Gasteiger partial charge in [-0.05, 0) is 24.6 Å². The quantitative estimate of drug-likeness (QED) is 0.843. The number of sulfonamides is 1. The van der Waals surface area contributed by atoms with Crippen LogP contribution in [0.25, 0.3) is 0 Å². The number of methoxy groups -OCH3 is 1. The molecular formula is C13H15ClN4O3S. The molecule has 1 saturated heterocycles. The third-order valence-corrected chi connectivity index (χ3v) is 5.86. The molecule has 3 rings (SSSR count). The van der Waals surface area contributed by atoms with Gasteiger partial charge in [0.15, 0.2) is 0 Å². The van der Waals surface area contributed by atoms with Gasteiger partial charge >= 0.3 is 0 Å². The van der Waals surface area contributed by atoms with Crippen molar-refractivity contribution in [1.29, 1.82) is 0 Å². The first kappa shape index (κ1) is 15.3. The molecule has 1 aliphatic rings. The molecule has 2 aromatic rings. The number of hydrogen-bond donors (Lipinski definition) is 0. The van der Waals surface area contributed by atoms with E-state index in [-0.39, 0.29) is 16.0 Å². The number of nitrogens with zero attached hydrogens (tertiary/aromatic N) is 4. The van der Waals surface area contributed by atoms with Gasteiger partial charge in [-0.1, -0.05) is 16.8 Å². The van der Waals surface area contributed by atoms with E-state index in [2.05, 4.69) is 10.3 Å². The molecule has 0 bridgehead atoms. The molecule has 1 fully saturated rings. The molecule has 0 N–H and O–H groups in total. The summed E-state index contributed by atoms with van der Waals surface area (Å²) in [4.78, 5) is 0.164. The zero-order valence-electron chi connectivity index (χ0n) is 11.9. The van der Waals surface area contributed by atoms with E-state index in [0.717, 1.165) is 0 Å². The smallest absolute Gasteiger partial charge is 0.243 e. The Hall–Kier alpha value is -1.64. The van der Waals surface area contributed by atoms with E-state index in [1.54, 1.807) is 23.1 Å². The van der Waals surface area contributed by atoms with Gasteiger partial charge in [0.05, 0.1) is 29.3 Å². The van der Waals surface area contributed by atoms with Gasteiger partial charge in [0.1, 0.15) is 5.75 Å². The van der Waals surface area contributed by atoms with Gasteiger partial charge in [0, 0.05) is 19.3 Å². The maximum absolute atomic E-state index is 12.7. The van der Waals surface area contributed by atoms with Crippen molar-refractivity contribution in [3.05, 3.63) is 35.6 Å². The van der Waals surface area contributed by atoms with Crippen molar-refractivity contribution in [2.45, 2.75) is 17.4 Å². The molecule has 0 spiro atoms. The van der Waals surface area contributed by atoms with Crippen LogP contribution in [0.3, 0.4) is 0 Å². The molecule has 2 heterocycles. The third kappa shape index (κ3) is 2.69. The Morgan fingerprint density at radius 1 is 1.41 bits per heavy atom. The van der Waals surface area contributed by atoms with Gasteiger partial charge in [-0.3, -0.25) is 0 Å². The van der Waals surface area contributed by atoms with Crippen molar-refractivity contribution >= 4 is 21.6 Å². The summed E-state index contributed by atoms with van der Waals surface area (Å²) >= 11 is 6.02. The van der Waals surface area contributed by atoms with E-state index in [1.807, 2.05) is 0 Å². The van der Waals surface area contributed by atoms with Crippen molar-refractivity contribution in [1.82, 2.24) is 19.3 Å². The van der Waals surface area contributed by atoms with Gasteiger partial charge in [-0.2, -0.15) is 4.31 Å². The first-order valence-electron chi connectivity index (χ1n) is 6.72. The van der Waals surface area contributed by atoms with Crippen molar-refractivity contribution in [2.75, 3.05) is 20.2 Å². The van der Waals surface area contributed by atoms with Gasteiger partial charge in [0.2, 0.25) is 10.0 Å². The van der Waals surface area contributed by atoms with Crippen molar-refractivity contribution in [3.8, 4) is 5.75 Å². The minimum Gasteiger partial charge on any atom is -0.495 e. The zero-order chi connectivity index (χ0) is 15.7. The number of ether oxygens (including phenoxy) is 1. The van der Waals surface area contributed by atoms with Gasteiger partial charge in [0.25, 0.3) is 0 Å². The van der Waals surface area contributed by atoms with E-state index in [0.29, 0.717) is 25.3 Å². The van der Waals surface area contributed by atoms with Crippen LogP contribution in [0.4, 0.5) is 0 Å². The van der Waals surface area contributed by atoms with Crippen molar-refractivity contribution in [2.24, 2.45) is 0 Å². The predicted molar refractivity (Wildman–Crippen MR) is 80.4 cm³/mol. The second-order valence-corrected chi connectivity index (χ2v) is 7.33. The fourth-order valence-corrected chi connectivity index (χ4v) is 4.36. The number of halogens is 1. The number of benzene rings is 1. The van der Waals surface area contributed by atoms with E-state index < -0.39 is 10.0 Å². The van der Waals surface area contributed by atoms with Gasteiger partial charge < -0.3 is 4.74 Å². The molecule has 9 heteroatoms. The summed E-state index contributed by atoms with van der Waals surface area (Å²) in [5.74, 6) is 0.447. The van der Waals surface area contributed by atoms with Crippen LogP contribution in [0, 0.1) is 0 Å². The lowest BCUT2D eigenvalue weighted by molar-refractivity contribution is 0.414. The lowest BCUT2D eigenvalue weighted by atomic mass is 10.3. The molecule has 0 aliphatic carbocycles. The molecular weight excluding hydrogens is 328 g/mol. The van der Waals surface area contributed by atoms with Crippen LogP contribution in [0.5, 0.6) is 5.75 Å². The molecule has 1 atom stereocenters. The average Bonchev–Trinajstić information content (AvgIpc) is 3.18. The minimum atomic E-state index is -3.58. The molecule has 22 heavy (non-hydrogen) atoms. The Balaban J connectivity index is 1.83. The summed E-state index contributed by atoms with van der Waals surface area (Å²) < 4.78 is 33.5. The van der Waals surface area contributed by atoms with E-state index in [1.165, 1.54) is 23.5 Å². The number of hydrogen-bond acceptors (Lipinski definition) is 5. The lowest BCUT2D eigenvalue weighted by Gasteiger charge is -2.17. The first-order chi connectivity index (χ1) is 10.5. The average molecular weight is 343 g/mol. The van der Waals surface area contributed by atoms with Crippen molar-refractivity contribution < 1.29 is 13.2 Å². The van der Waals surface area contributed by atoms with Crippen LogP contribution in [-0.4, -0.2) is 47.9 Å². The van der Waals surface area contributed by atoms with E-state index >= 15 is 0 Å². The van der Waals surface area contributed by atoms with Crippen LogP contribution in [-0.2, 0) is 10.0 Å². The summed E-state index contributed by atoms with van der Waals surface area (Å²) in [7, 11) is -2.09. The maximum atomic E-state index is 12.7. The normalized spacial score (nSPS) is 19.5. The summed E-state index contributed by atoms with van der Waals surface area (Å²) in [6.07, 6.45) is 4.03. The Labute approximate surface area is 133 Å². The molecule has 0 unspecified atom stereocenters. The Morgan fingerprint density at radius 2 is 2.23 bits per heavy atom. The van der Waals surface area contributed by atoms with Crippen LogP contribution < -0.4 is 4.74 Å². The Kier molecular flexibility index (Phi) is 4.07. The molecule has 7 nitrogen and oxygen atoms in total. The fourth-order valence-electron chi connectivity index (χ4n) is 2.51. The third-order valence-electron chi connectivity index (χ3n) is 3.70. The number of aromatic nitrogens is 3. The first-order valence-corrected chi connectivity index (χ1v) is 8.53. The summed E-state index contributed by atoms with van der Waals surface area (Å²) in [5.41, 5.74) is 0. The van der Waals surface area contributed by atoms with Crippen LogP contribution >= 0.6 is 11.6 Å². The van der Waals surface area contributed by atoms with E-state index in [9.17, 15) is 8.42 Å². The number of rotatable bonds is 4. The monoisotopic (exact) mass is 342 g/mol. The van der Waals surface area contributed by atoms with Crippen LogP contribution in [0.15, 0.2) is 35.5 Å². The fraction of sp³-hybridized carbons (Fsp3) is 0.385. The summed E-state index contributed by atoms with van der Waals surface area (Å²) in [6, 6.07) is 4.48. The van der Waals surface area contributed by atoms with E-state index in [4.69, 9.17) is 16.3 Å². The highest BCUT2D eigenvalue weighted by Crippen LogP contribution is 2.31. The predicted octanol–water partition coefficient (Wildman–Crippen LogP) is 1.58. The molecule has 1 aromatic heterocycles. The topological polar surface area (TPSA) is 77.3 Å². The Morgan fingerprint density at radius 3 is 2.86 bits per heavy atom. The second kappa shape index (κ2) is 5.86. The highest BCUT2D eigenvalue weighted by molar-refractivity contribution is 7.89. The van der Waals surface area contributed by atoms with Gasteiger partial charge in [-0.25, -0.2) is 13.1 Å². The Bertz CT molecular complexity index is 764. The minimum absolute atomic E-state index is 0.00555. The van der Waals surface area contributed by atoms with Crippen LogP contribution in [0.2, 0.25) is 5.02 Å². The zero-order valence-corrected chi connectivity index (χ0v) is 13.5. The lowest BCUT2D eigenvalue weighted by Crippen LogP contribution is -2.29. The highest BCUT2D eigenvalue weighted by atomic mass is 35.5. The summed E-state index contributed by atoms with van der Waals surface area (Å²) in [6.45, 7) is 0.811. The standard InChI is InChI=1S/C13H15ClN4O3S/c1-21-13-3-2-11(8-12(13)14)22(19,20)17-6-4-10(9-17)18-7-5-15-16-18/h2-3,5,7-8,10H,4,6,9H2,1H3/t10-/m0/s1. The molecule has 1 aromatic carbocycles. The molecule has 1 aliphatic heterocycles. The molecule has 118 valence electrons. The largest absolute Gasteiger partial charge is 0.495 e. The second-order valence-electron chi connectivity index (χ2n) is 4.98. The molecule has 0 saturated carbocycles. The molecule has 0 radical (unpaired) electrons.